The van der Waals surface area contributed by atoms with Crippen LogP contribution in [-0.2, 0) is 6.61 Å². The normalized spacial score (nSPS) is 12.7. The van der Waals surface area contributed by atoms with Crippen LogP contribution in [0.4, 0.5) is 0 Å². The second kappa shape index (κ2) is 4.28. The zero-order valence-corrected chi connectivity index (χ0v) is 11.8. The van der Waals surface area contributed by atoms with Crippen LogP contribution in [0.5, 0.6) is 5.75 Å². The van der Waals surface area contributed by atoms with Gasteiger partial charge in [0.1, 0.15) is 12.4 Å². The molecule has 0 bridgehead atoms. The lowest BCUT2D eigenvalue weighted by atomic mass is 10.00. The highest BCUT2D eigenvalue weighted by atomic mass is 16.5. The zero-order valence-electron chi connectivity index (χ0n) is 11.8. The second-order valence-corrected chi connectivity index (χ2v) is 5.49. The Labute approximate surface area is 127 Å². The number of rotatable bonds is 0. The second-order valence-electron chi connectivity index (χ2n) is 5.49. The Morgan fingerprint density at radius 1 is 0.864 bits per heavy atom. The van der Waals surface area contributed by atoms with Gasteiger partial charge >= 0.3 is 0 Å². The first-order chi connectivity index (χ1) is 10.9. The van der Waals surface area contributed by atoms with E-state index >= 15 is 0 Å². The molecule has 2 aromatic carbocycles. The van der Waals surface area contributed by atoms with Crippen molar-refractivity contribution in [1.82, 2.24) is 9.97 Å². The first-order valence-corrected chi connectivity index (χ1v) is 7.30. The molecule has 1 aliphatic rings. The maximum atomic E-state index is 5.83. The fraction of sp³-hybridized carbons (Fsp3) is 0.0526. The summed E-state index contributed by atoms with van der Waals surface area (Å²) in [6.07, 6.45) is 1.82. The van der Waals surface area contributed by atoms with E-state index in [0.29, 0.717) is 6.61 Å². The van der Waals surface area contributed by atoms with Gasteiger partial charge in [0.15, 0.2) is 0 Å². The first kappa shape index (κ1) is 11.7. The Balaban J connectivity index is 1.91. The van der Waals surface area contributed by atoms with E-state index in [2.05, 4.69) is 35.3 Å². The summed E-state index contributed by atoms with van der Waals surface area (Å²) >= 11 is 0. The van der Waals surface area contributed by atoms with Gasteiger partial charge in [0.2, 0.25) is 0 Å². The number of pyridine rings is 2. The molecule has 0 radical (unpaired) electrons. The quantitative estimate of drug-likeness (QED) is 0.450. The molecule has 5 rings (SSSR count). The van der Waals surface area contributed by atoms with E-state index in [0.717, 1.165) is 44.4 Å². The largest absolute Gasteiger partial charge is 0.488 e. The molecule has 4 aromatic rings. The van der Waals surface area contributed by atoms with Crippen LogP contribution in [0, 0.1) is 0 Å². The van der Waals surface area contributed by atoms with Gasteiger partial charge in [-0.15, -0.1) is 0 Å². The molecule has 0 N–H and O–H groups in total. The number of fused-ring (bicyclic) bond motifs is 6. The number of para-hydroxylation sites is 1. The van der Waals surface area contributed by atoms with Crippen LogP contribution in [0.3, 0.4) is 0 Å². The number of benzene rings is 2. The highest BCUT2D eigenvalue weighted by Gasteiger charge is 2.19. The van der Waals surface area contributed by atoms with Gasteiger partial charge in [0.05, 0.1) is 16.7 Å². The number of nitrogens with zero attached hydrogens (tertiary/aromatic N) is 2. The van der Waals surface area contributed by atoms with E-state index in [9.17, 15) is 0 Å². The Morgan fingerprint density at radius 2 is 1.77 bits per heavy atom. The maximum absolute atomic E-state index is 5.83. The Morgan fingerprint density at radius 3 is 2.77 bits per heavy atom. The highest BCUT2D eigenvalue weighted by Crippen LogP contribution is 2.38. The minimum Gasteiger partial charge on any atom is -0.488 e. The topological polar surface area (TPSA) is 35.0 Å². The fourth-order valence-corrected chi connectivity index (χ4v) is 3.11. The van der Waals surface area contributed by atoms with Gasteiger partial charge in [-0.25, -0.2) is 4.98 Å². The van der Waals surface area contributed by atoms with Crippen molar-refractivity contribution in [2.75, 3.05) is 0 Å². The minimum absolute atomic E-state index is 0.565. The summed E-state index contributed by atoms with van der Waals surface area (Å²) in [4.78, 5) is 9.46. The number of aromatic nitrogens is 2. The van der Waals surface area contributed by atoms with Crippen LogP contribution in [-0.4, -0.2) is 9.97 Å². The van der Waals surface area contributed by atoms with Gasteiger partial charge < -0.3 is 4.74 Å². The molecule has 22 heavy (non-hydrogen) atoms. The van der Waals surface area contributed by atoms with E-state index in [1.807, 2.05) is 30.5 Å². The number of hydrogen-bond donors (Lipinski definition) is 0. The van der Waals surface area contributed by atoms with E-state index in [-0.39, 0.29) is 0 Å². The van der Waals surface area contributed by atoms with Crippen molar-refractivity contribution in [2.45, 2.75) is 6.61 Å². The molecule has 0 atom stereocenters. The van der Waals surface area contributed by atoms with Crippen LogP contribution < -0.4 is 4.74 Å². The van der Waals surface area contributed by atoms with Gasteiger partial charge in [-0.2, -0.15) is 0 Å². The monoisotopic (exact) mass is 284 g/mol. The Bertz CT molecular complexity index is 1040. The predicted octanol–water partition coefficient (Wildman–Crippen LogP) is 4.34. The molecule has 3 heteroatoms. The van der Waals surface area contributed by atoms with Crippen LogP contribution in [0.2, 0.25) is 0 Å². The molecule has 3 nitrogen and oxygen atoms in total. The van der Waals surface area contributed by atoms with Crippen molar-refractivity contribution < 1.29 is 4.74 Å². The van der Waals surface area contributed by atoms with E-state index < -0.39 is 0 Å². The van der Waals surface area contributed by atoms with Crippen molar-refractivity contribution in [1.29, 1.82) is 0 Å². The van der Waals surface area contributed by atoms with Crippen molar-refractivity contribution in [3.63, 3.8) is 0 Å². The summed E-state index contributed by atoms with van der Waals surface area (Å²) in [5, 5.41) is 2.22. The van der Waals surface area contributed by atoms with Gasteiger partial charge in [0.25, 0.3) is 0 Å². The fourth-order valence-electron chi connectivity index (χ4n) is 3.11. The Kier molecular flexibility index (Phi) is 2.27. The molecule has 104 valence electrons. The number of ether oxygens (including phenoxy) is 1. The molecule has 0 fully saturated rings. The van der Waals surface area contributed by atoms with E-state index in [4.69, 9.17) is 9.72 Å². The SMILES string of the molecule is c1ccc2c(c1)OCc1cc3ccc4cccnc4c3nc1-2. The first-order valence-electron chi connectivity index (χ1n) is 7.30. The third-order valence-electron chi connectivity index (χ3n) is 4.16. The van der Waals surface area contributed by atoms with E-state index in [1.54, 1.807) is 0 Å². The van der Waals surface area contributed by atoms with Gasteiger partial charge in [-0.05, 0) is 24.3 Å². The van der Waals surface area contributed by atoms with Crippen LogP contribution in [0.15, 0.2) is 60.8 Å². The standard InChI is InChI=1S/C19H12N2O/c1-2-6-16-15(5-1)17-14(11-22-16)10-13-8-7-12-4-3-9-20-18(12)19(13)21-17/h1-10H,11H2. The molecule has 0 saturated carbocycles. The summed E-state index contributed by atoms with van der Waals surface area (Å²) in [5.41, 5.74) is 5.09. The lowest BCUT2D eigenvalue weighted by Gasteiger charge is -2.20. The molecule has 3 heterocycles. The lowest BCUT2D eigenvalue weighted by molar-refractivity contribution is 0.302. The lowest BCUT2D eigenvalue weighted by Crippen LogP contribution is -2.07. The minimum atomic E-state index is 0.565. The maximum Gasteiger partial charge on any atom is 0.129 e. The molecule has 0 saturated heterocycles. The molecular weight excluding hydrogens is 272 g/mol. The average molecular weight is 284 g/mol. The zero-order chi connectivity index (χ0) is 14.5. The smallest absolute Gasteiger partial charge is 0.129 e. The summed E-state index contributed by atoms with van der Waals surface area (Å²) in [6, 6.07) is 18.4. The third-order valence-corrected chi connectivity index (χ3v) is 4.16. The highest BCUT2D eigenvalue weighted by molar-refractivity contribution is 6.03. The molecule has 1 aliphatic heterocycles. The molecule has 0 aliphatic carbocycles. The van der Waals surface area contributed by atoms with Crippen molar-refractivity contribution in [3.8, 4) is 17.0 Å². The molecule has 2 aromatic heterocycles. The molecule has 0 spiro atoms. The summed E-state index contributed by atoms with van der Waals surface area (Å²) in [6.45, 7) is 0.565. The van der Waals surface area contributed by atoms with Crippen molar-refractivity contribution in [2.24, 2.45) is 0 Å². The van der Waals surface area contributed by atoms with Crippen molar-refractivity contribution >= 4 is 21.8 Å². The molecular formula is C19H12N2O. The third kappa shape index (κ3) is 1.56. The van der Waals surface area contributed by atoms with E-state index in [1.165, 1.54) is 0 Å². The molecule has 0 unspecified atom stereocenters. The summed E-state index contributed by atoms with van der Waals surface area (Å²) < 4.78 is 5.83. The van der Waals surface area contributed by atoms with Gasteiger partial charge in [0, 0.05) is 28.1 Å². The van der Waals surface area contributed by atoms with Gasteiger partial charge in [-0.3, -0.25) is 4.98 Å². The van der Waals surface area contributed by atoms with Gasteiger partial charge in [-0.1, -0.05) is 30.3 Å². The Hall–Kier alpha value is -2.94. The summed E-state index contributed by atoms with van der Waals surface area (Å²) in [7, 11) is 0. The molecule has 0 amide bonds. The predicted molar refractivity (Wildman–Crippen MR) is 86.8 cm³/mol. The summed E-state index contributed by atoms with van der Waals surface area (Å²) in [5.74, 6) is 0.898. The van der Waals surface area contributed by atoms with Crippen LogP contribution in [0.1, 0.15) is 5.56 Å². The average Bonchev–Trinajstić information content (AvgIpc) is 2.60. The van der Waals surface area contributed by atoms with Crippen LogP contribution in [0.25, 0.3) is 33.1 Å². The number of hydrogen-bond acceptors (Lipinski definition) is 3. The van der Waals surface area contributed by atoms with Crippen LogP contribution >= 0.6 is 0 Å². The van der Waals surface area contributed by atoms with Crippen molar-refractivity contribution in [3.05, 3.63) is 66.4 Å².